The van der Waals surface area contributed by atoms with Crippen LogP contribution in [0.25, 0.3) is 0 Å². The fourth-order valence-electron chi connectivity index (χ4n) is 4.06. The molecule has 2 atom stereocenters. The van der Waals surface area contributed by atoms with Crippen LogP contribution in [0.3, 0.4) is 0 Å². The zero-order valence-electron chi connectivity index (χ0n) is 14.1. The van der Waals surface area contributed by atoms with E-state index in [1.807, 2.05) is 0 Å². The Bertz CT molecular complexity index is 598. The van der Waals surface area contributed by atoms with E-state index in [0.717, 1.165) is 6.42 Å². The summed E-state index contributed by atoms with van der Waals surface area (Å²) in [6.07, 6.45) is 6.92. The van der Waals surface area contributed by atoms with Crippen molar-refractivity contribution in [2.75, 3.05) is 0 Å². The summed E-state index contributed by atoms with van der Waals surface area (Å²) in [5.74, 6) is 0.772. The number of hydrogen-bond acceptors (Lipinski definition) is 1. The van der Waals surface area contributed by atoms with E-state index < -0.39 is 0 Å². The van der Waals surface area contributed by atoms with Gasteiger partial charge in [-0.3, -0.25) is 0 Å². The highest BCUT2D eigenvalue weighted by atomic mass is 16.3. The molecule has 0 saturated heterocycles. The molecule has 1 heteroatoms. The first-order valence-corrected chi connectivity index (χ1v) is 9.04. The minimum atomic E-state index is -0.194. The number of aryl methyl sites for hydroxylation is 1. The molecular weight excluding hydrogens is 280 g/mol. The molecule has 2 aromatic rings. The van der Waals surface area contributed by atoms with Crippen LogP contribution in [0.5, 0.6) is 0 Å². The van der Waals surface area contributed by atoms with Crippen LogP contribution in [-0.2, 0) is 0 Å². The van der Waals surface area contributed by atoms with Crippen molar-refractivity contribution in [1.29, 1.82) is 0 Å². The molecular formula is C22H28O. The van der Waals surface area contributed by atoms with E-state index in [0.29, 0.717) is 5.92 Å². The van der Waals surface area contributed by atoms with Gasteiger partial charge >= 0.3 is 0 Å². The minimum absolute atomic E-state index is 0.194. The van der Waals surface area contributed by atoms with E-state index in [9.17, 15) is 5.11 Å². The van der Waals surface area contributed by atoms with E-state index in [2.05, 4.69) is 61.5 Å². The third kappa shape index (κ3) is 4.03. The topological polar surface area (TPSA) is 20.2 Å². The lowest BCUT2D eigenvalue weighted by atomic mass is 9.78. The van der Waals surface area contributed by atoms with Gasteiger partial charge in [0, 0.05) is 5.92 Å². The van der Waals surface area contributed by atoms with E-state index in [-0.39, 0.29) is 12.0 Å². The first kappa shape index (κ1) is 16.3. The number of rotatable bonds is 5. The van der Waals surface area contributed by atoms with Crippen LogP contribution >= 0.6 is 0 Å². The number of aliphatic hydroxyl groups is 1. The largest absolute Gasteiger partial charge is 0.393 e. The predicted octanol–water partition coefficient (Wildman–Crippen LogP) is 5.46. The molecule has 0 radical (unpaired) electrons. The Morgan fingerprint density at radius 3 is 2.26 bits per heavy atom. The molecule has 2 aromatic carbocycles. The maximum Gasteiger partial charge on any atom is 0.0577 e. The summed E-state index contributed by atoms with van der Waals surface area (Å²) in [4.78, 5) is 0. The second-order valence-corrected chi connectivity index (χ2v) is 7.02. The number of hydrogen-bond donors (Lipinski definition) is 1. The maximum atomic E-state index is 10.9. The monoisotopic (exact) mass is 308 g/mol. The average molecular weight is 308 g/mol. The second kappa shape index (κ2) is 7.79. The Hall–Kier alpha value is -1.60. The van der Waals surface area contributed by atoms with Gasteiger partial charge in [0.2, 0.25) is 0 Å². The lowest BCUT2D eigenvalue weighted by molar-refractivity contribution is 0.0736. The van der Waals surface area contributed by atoms with Crippen LogP contribution in [0.2, 0.25) is 0 Å². The van der Waals surface area contributed by atoms with Gasteiger partial charge in [0.25, 0.3) is 0 Å². The molecule has 23 heavy (non-hydrogen) atoms. The molecule has 1 nitrogen and oxygen atoms in total. The molecule has 0 amide bonds. The Morgan fingerprint density at radius 2 is 1.57 bits per heavy atom. The lowest BCUT2D eigenvalue weighted by Gasteiger charge is -2.30. The van der Waals surface area contributed by atoms with Gasteiger partial charge in [-0.1, -0.05) is 73.9 Å². The van der Waals surface area contributed by atoms with Crippen molar-refractivity contribution in [2.45, 2.75) is 57.5 Å². The Labute approximate surface area is 140 Å². The number of aliphatic hydroxyl groups excluding tert-OH is 1. The van der Waals surface area contributed by atoms with E-state index in [1.54, 1.807) is 0 Å². The van der Waals surface area contributed by atoms with Gasteiger partial charge in [-0.05, 0) is 48.8 Å². The highest BCUT2D eigenvalue weighted by molar-refractivity contribution is 5.37. The first-order chi connectivity index (χ1) is 11.3. The molecule has 0 aromatic heterocycles. The molecule has 1 aliphatic carbocycles. The van der Waals surface area contributed by atoms with E-state index in [4.69, 9.17) is 0 Å². The van der Waals surface area contributed by atoms with Gasteiger partial charge < -0.3 is 5.11 Å². The summed E-state index contributed by atoms with van der Waals surface area (Å²) in [5.41, 5.74) is 3.99. The van der Waals surface area contributed by atoms with Crippen molar-refractivity contribution in [2.24, 2.45) is 5.92 Å². The van der Waals surface area contributed by atoms with Crippen molar-refractivity contribution in [3.63, 3.8) is 0 Å². The highest BCUT2D eigenvalue weighted by Gasteiger charge is 2.26. The summed E-state index contributed by atoms with van der Waals surface area (Å²) in [6, 6.07) is 19.3. The predicted molar refractivity (Wildman–Crippen MR) is 96.7 cm³/mol. The smallest absolute Gasteiger partial charge is 0.0577 e. The summed E-state index contributed by atoms with van der Waals surface area (Å²) in [7, 11) is 0. The standard InChI is InChI=1S/C22H28O/c1-17-10-8-9-15-20(17)21(18-11-4-2-5-12-18)16-22(23)19-13-6-3-7-14-19/h2,4-5,8-12,15,19,21-23H,3,6-7,13-14,16H2,1H3. The van der Waals surface area contributed by atoms with E-state index in [1.165, 1.54) is 48.8 Å². The molecule has 122 valence electrons. The third-order valence-corrected chi connectivity index (χ3v) is 5.44. The second-order valence-electron chi connectivity index (χ2n) is 7.02. The maximum absolute atomic E-state index is 10.9. The first-order valence-electron chi connectivity index (χ1n) is 9.04. The van der Waals surface area contributed by atoms with Gasteiger partial charge in [-0.2, -0.15) is 0 Å². The van der Waals surface area contributed by atoms with Gasteiger partial charge in [0.1, 0.15) is 0 Å². The van der Waals surface area contributed by atoms with Crippen molar-refractivity contribution >= 4 is 0 Å². The summed E-state index contributed by atoms with van der Waals surface area (Å²) >= 11 is 0. The zero-order valence-corrected chi connectivity index (χ0v) is 14.1. The fraction of sp³-hybridized carbons (Fsp3) is 0.455. The molecule has 1 saturated carbocycles. The van der Waals surface area contributed by atoms with E-state index >= 15 is 0 Å². The Balaban J connectivity index is 1.85. The van der Waals surface area contributed by atoms with Gasteiger partial charge in [0.15, 0.2) is 0 Å². The Morgan fingerprint density at radius 1 is 0.913 bits per heavy atom. The summed E-state index contributed by atoms with van der Waals surface area (Å²) in [6.45, 7) is 2.18. The Kier molecular flexibility index (Phi) is 5.51. The molecule has 0 aliphatic heterocycles. The van der Waals surface area contributed by atoms with Crippen LogP contribution in [0.1, 0.15) is 61.1 Å². The van der Waals surface area contributed by atoms with Crippen LogP contribution < -0.4 is 0 Å². The summed E-state index contributed by atoms with van der Waals surface area (Å²) in [5, 5.41) is 10.9. The minimum Gasteiger partial charge on any atom is -0.393 e. The van der Waals surface area contributed by atoms with Crippen LogP contribution in [-0.4, -0.2) is 11.2 Å². The lowest BCUT2D eigenvalue weighted by Crippen LogP contribution is -2.25. The zero-order chi connectivity index (χ0) is 16.1. The van der Waals surface area contributed by atoms with Crippen molar-refractivity contribution in [1.82, 2.24) is 0 Å². The van der Waals surface area contributed by atoms with Crippen LogP contribution in [0, 0.1) is 12.8 Å². The number of benzene rings is 2. The molecule has 0 heterocycles. The fourth-order valence-corrected chi connectivity index (χ4v) is 4.06. The molecule has 0 spiro atoms. The highest BCUT2D eigenvalue weighted by Crippen LogP contribution is 2.36. The van der Waals surface area contributed by atoms with Crippen LogP contribution in [0.15, 0.2) is 54.6 Å². The molecule has 2 unspecified atom stereocenters. The van der Waals surface area contributed by atoms with Crippen molar-refractivity contribution < 1.29 is 5.11 Å². The van der Waals surface area contributed by atoms with Crippen molar-refractivity contribution in [3.8, 4) is 0 Å². The molecule has 1 fully saturated rings. The average Bonchev–Trinajstić information content (AvgIpc) is 2.62. The quantitative estimate of drug-likeness (QED) is 0.777. The van der Waals surface area contributed by atoms with Crippen LogP contribution in [0.4, 0.5) is 0 Å². The third-order valence-electron chi connectivity index (χ3n) is 5.44. The van der Waals surface area contributed by atoms with Gasteiger partial charge in [0.05, 0.1) is 6.10 Å². The van der Waals surface area contributed by atoms with Gasteiger partial charge in [-0.15, -0.1) is 0 Å². The SMILES string of the molecule is Cc1ccccc1C(CC(O)C1CCCCC1)c1ccccc1. The molecule has 1 aliphatic rings. The van der Waals surface area contributed by atoms with Gasteiger partial charge in [-0.25, -0.2) is 0 Å². The normalized spacial score (nSPS) is 18.5. The van der Waals surface area contributed by atoms with Crippen molar-refractivity contribution in [3.05, 3.63) is 71.3 Å². The molecule has 0 bridgehead atoms. The molecule has 1 N–H and O–H groups in total. The molecule has 3 rings (SSSR count). The summed E-state index contributed by atoms with van der Waals surface area (Å²) < 4.78 is 0.